The molecule has 1 N–H and O–H groups in total. The van der Waals surface area contributed by atoms with Gasteiger partial charge in [-0.3, -0.25) is 4.90 Å². The summed E-state index contributed by atoms with van der Waals surface area (Å²) in [7, 11) is 0. The molecule has 2 aliphatic carbocycles. The number of halogens is 1. The first-order chi connectivity index (χ1) is 21.7. The topological polar surface area (TPSA) is 128 Å². The summed E-state index contributed by atoms with van der Waals surface area (Å²) < 4.78 is 29.6. The molecule has 3 atom stereocenters. The molecule has 0 radical (unpaired) electrons. The van der Waals surface area contributed by atoms with E-state index in [1.807, 2.05) is 24.3 Å². The van der Waals surface area contributed by atoms with Crippen LogP contribution in [0.4, 0.5) is 10.1 Å². The third kappa shape index (κ3) is 4.46. The number of carboxylic acid groups (broad SMARTS) is 1. The molecule has 4 aromatic rings. The molecule has 3 fully saturated rings. The zero-order chi connectivity index (χ0) is 31.1. The maximum atomic E-state index is 15.0. The maximum absolute atomic E-state index is 15.0. The summed E-state index contributed by atoms with van der Waals surface area (Å²) in [5.41, 5.74) is 2.60. The normalized spacial score (nSPS) is 24.1. The summed E-state index contributed by atoms with van der Waals surface area (Å²) in [4.78, 5) is 21.4. The van der Waals surface area contributed by atoms with Crippen molar-refractivity contribution in [3.05, 3.63) is 82.9 Å². The zero-order valence-corrected chi connectivity index (χ0v) is 24.5. The van der Waals surface area contributed by atoms with Crippen molar-refractivity contribution in [2.45, 2.75) is 57.1 Å². The van der Waals surface area contributed by atoms with Crippen LogP contribution in [0, 0.1) is 33.9 Å². The molecule has 45 heavy (non-hydrogen) atoms. The molecule has 10 nitrogen and oxygen atoms in total. The molecule has 226 valence electrons. The van der Waals surface area contributed by atoms with Crippen molar-refractivity contribution < 1.29 is 23.8 Å². The second-order valence-corrected chi connectivity index (χ2v) is 12.6. The summed E-state index contributed by atoms with van der Waals surface area (Å²) in [5.74, 6) is -0.971. The minimum absolute atomic E-state index is 0.201. The van der Waals surface area contributed by atoms with Gasteiger partial charge in [-0.05, 0) is 67.8 Å². The lowest BCUT2D eigenvalue weighted by molar-refractivity contribution is -0.0705. The van der Waals surface area contributed by atoms with Gasteiger partial charge in [-0.25, -0.2) is 14.2 Å². The highest BCUT2D eigenvalue weighted by atomic mass is 19.1. The molecule has 1 aromatic heterocycles. The summed E-state index contributed by atoms with van der Waals surface area (Å²) in [6.07, 6.45) is 2.61. The average Bonchev–Trinajstić information content (AvgIpc) is 3.94. The van der Waals surface area contributed by atoms with Gasteiger partial charge in [-0.1, -0.05) is 6.07 Å². The van der Waals surface area contributed by atoms with Crippen LogP contribution in [0.15, 0.2) is 54.6 Å². The van der Waals surface area contributed by atoms with Crippen LogP contribution in [0.25, 0.3) is 11.0 Å². The average molecular weight is 605 g/mol. The lowest BCUT2D eigenvalue weighted by Gasteiger charge is -2.36. The van der Waals surface area contributed by atoms with Crippen molar-refractivity contribution in [2.24, 2.45) is 5.41 Å². The molecular weight excluding hydrogens is 575 g/mol. The van der Waals surface area contributed by atoms with Crippen LogP contribution >= 0.6 is 0 Å². The third-order valence-corrected chi connectivity index (χ3v) is 9.65. The Morgan fingerprint density at radius 2 is 1.96 bits per heavy atom. The van der Waals surface area contributed by atoms with E-state index in [4.69, 9.17) is 19.7 Å². The fraction of sp³-hybridized carbons (Fsp3) is 0.353. The standard InChI is InChI=1S/C34H29FN6O4/c1-33(22-7-5-20(16-36)13-23(22)35)44-29-4-2-3-25(31(29)45-33)40-12-11-39(27-15-28(27)40)17-30-38-24-8-6-21(32(42)43)14-26(24)41(30)19-34(18-37)9-10-34/h2-8,13-14,27-28H,9-12,15,17,19H2,1H3,(H,42,43). The first-order valence-electron chi connectivity index (χ1n) is 15.1. The Labute approximate surface area is 258 Å². The highest BCUT2D eigenvalue weighted by Crippen LogP contribution is 2.52. The first kappa shape index (κ1) is 27.4. The van der Waals surface area contributed by atoms with Crippen LogP contribution in [0.5, 0.6) is 11.5 Å². The van der Waals surface area contributed by atoms with E-state index in [-0.39, 0.29) is 28.8 Å². The number of piperazine rings is 1. The monoisotopic (exact) mass is 604 g/mol. The molecule has 2 aliphatic heterocycles. The molecule has 3 heterocycles. The summed E-state index contributed by atoms with van der Waals surface area (Å²) in [5, 5.41) is 28.6. The Balaban J connectivity index is 1.04. The lowest BCUT2D eigenvalue weighted by Crippen LogP contribution is -2.46. The number of benzene rings is 3. The number of hydrogen-bond donors (Lipinski definition) is 1. The Kier molecular flexibility index (Phi) is 5.90. The van der Waals surface area contributed by atoms with Crippen LogP contribution in [-0.2, 0) is 18.9 Å². The van der Waals surface area contributed by atoms with Crippen molar-refractivity contribution in [3.63, 3.8) is 0 Å². The van der Waals surface area contributed by atoms with E-state index < -0.39 is 23.0 Å². The van der Waals surface area contributed by atoms with Crippen molar-refractivity contribution in [1.29, 1.82) is 10.5 Å². The number of carbonyl (C=O) groups is 1. The van der Waals surface area contributed by atoms with Gasteiger partial charge in [-0.2, -0.15) is 10.5 Å². The minimum atomic E-state index is -1.37. The van der Waals surface area contributed by atoms with Crippen LogP contribution < -0.4 is 14.4 Å². The van der Waals surface area contributed by atoms with E-state index in [0.717, 1.165) is 54.9 Å². The highest BCUT2D eigenvalue weighted by Gasteiger charge is 2.51. The number of imidazole rings is 1. The number of nitriles is 2. The Morgan fingerprint density at radius 1 is 1.11 bits per heavy atom. The van der Waals surface area contributed by atoms with Gasteiger partial charge in [-0.15, -0.1) is 0 Å². The van der Waals surface area contributed by atoms with E-state index in [2.05, 4.69) is 20.4 Å². The molecule has 8 rings (SSSR count). The van der Waals surface area contributed by atoms with Crippen molar-refractivity contribution >= 4 is 22.7 Å². The van der Waals surface area contributed by atoms with Gasteiger partial charge in [0.15, 0.2) is 11.5 Å². The Bertz CT molecular complexity index is 1990. The van der Waals surface area contributed by atoms with Crippen molar-refractivity contribution in [3.8, 4) is 23.6 Å². The van der Waals surface area contributed by atoms with E-state index in [1.54, 1.807) is 31.2 Å². The summed E-state index contributed by atoms with van der Waals surface area (Å²) >= 11 is 0. The minimum Gasteiger partial charge on any atom is -0.478 e. The van der Waals surface area contributed by atoms with E-state index in [9.17, 15) is 19.6 Å². The van der Waals surface area contributed by atoms with Gasteiger partial charge in [0.2, 0.25) is 0 Å². The predicted octanol–water partition coefficient (Wildman–Crippen LogP) is 5.16. The quantitative estimate of drug-likeness (QED) is 0.304. The number of anilines is 1. The Hall–Kier alpha value is -5.13. The van der Waals surface area contributed by atoms with Crippen molar-refractivity contribution in [2.75, 3.05) is 18.0 Å². The van der Waals surface area contributed by atoms with Crippen LogP contribution in [0.3, 0.4) is 0 Å². The molecule has 1 saturated heterocycles. The smallest absolute Gasteiger partial charge is 0.335 e. The fourth-order valence-corrected chi connectivity index (χ4v) is 6.90. The number of fused-ring (bicyclic) bond motifs is 3. The number of hydrogen-bond acceptors (Lipinski definition) is 8. The van der Waals surface area contributed by atoms with Gasteiger partial charge in [0.1, 0.15) is 11.6 Å². The maximum Gasteiger partial charge on any atom is 0.335 e. The number of carboxylic acids is 1. The molecule has 3 aromatic carbocycles. The SMILES string of the molecule is CC1(c2ccc(C#N)cc2F)Oc2cccc(N3CCN(Cc4nc5ccc(C(=O)O)cc5n4CC4(C#N)CC4)C4CC43)c2O1. The number of nitrogens with zero attached hydrogens (tertiary/aromatic N) is 6. The fourth-order valence-electron chi connectivity index (χ4n) is 6.90. The second-order valence-electron chi connectivity index (χ2n) is 12.6. The van der Waals surface area contributed by atoms with Crippen LogP contribution in [0.2, 0.25) is 0 Å². The van der Waals surface area contributed by atoms with Crippen LogP contribution in [-0.4, -0.2) is 50.7 Å². The number of para-hydroxylation sites is 1. The molecule has 0 amide bonds. The Morgan fingerprint density at radius 3 is 2.69 bits per heavy atom. The molecular formula is C34H29FN6O4. The number of rotatable bonds is 7. The number of aromatic nitrogens is 2. The van der Waals surface area contributed by atoms with Gasteiger partial charge in [0, 0.05) is 38.6 Å². The van der Waals surface area contributed by atoms with Gasteiger partial charge in [0.05, 0.1) is 57.5 Å². The molecule has 3 unspecified atom stereocenters. The van der Waals surface area contributed by atoms with E-state index >= 15 is 0 Å². The number of aromatic carboxylic acids is 1. The lowest BCUT2D eigenvalue weighted by atomic mass is 10.0. The highest BCUT2D eigenvalue weighted by molar-refractivity contribution is 5.92. The summed E-state index contributed by atoms with van der Waals surface area (Å²) in [6.45, 7) is 4.27. The molecule has 0 spiro atoms. The molecule has 0 bridgehead atoms. The van der Waals surface area contributed by atoms with E-state index in [0.29, 0.717) is 24.6 Å². The first-order valence-corrected chi connectivity index (χ1v) is 15.1. The molecule has 4 aliphatic rings. The second kappa shape index (κ2) is 9.68. The van der Waals surface area contributed by atoms with Crippen LogP contribution in [0.1, 0.15) is 53.5 Å². The van der Waals surface area contributed by atoms with Crippen molar-refractivity contribution in [1.82, 2.24) is 14.5 Å². The molecule has 2 saturated carbocycles. The summed E-state index contributed by atoms with van der Waals surface area (Å²) in [6, 6.07) is 20.0. The predicted molar refractivity (Wildman–Crippen MR) is 160 cm³/mol. The zero-order valence-electron chi connectivity index (χ0n) is 24.5. The van der Waals surface area contributed by atoms with Gasteiger partial charge < -0.3 is 24.0 Å². The van der Waals surface area contributed by atoms with E-state index in [1.165, 1.54) is 12.1 Å². The molecule has 11 heteroatoms. The largest absolute Gasteiger partial charge is 0.478 e. The van der Waals surface area contributed by atoms with Gasteiger partial charge in [0.25, 0.3) is 5.79 Å². The van der Waals surface area contributed by atoms with Gasteiger partial charge >= 0.3 is 5.97 Å². The number of ether oxygens (including phenoxy) is 2. The third-order valence-electron chi connectivity index (χ3n) is 9.65.